The van der Waals surface area contributed by atoms with Crippen LogP contribution in [0.15, 0.2) is 12.4 Å². The van der Waals surface area contributed by atoms with E-state index in [-0.39, 0.29) is 11.9 Å². The number of nitrogens with zero attached hydrogens (tertiary/aromatic N) is 4. The number of hydrogen-bond acceptors (Lipinski definition) is 4. The van der Waals surface area contributed by atoms with Crippen molar-refractivity contribution in [3.8, 4) is 0 Å². The van der Waals surface area contributed by atoms with E-state index in [0.29, 0.717) is 12.1 Å². The molecule has 1 saturated heterocycles. The quantitative estimate of drug-likeness (QED) is 0.884. The molecule has 1 amide bonds. The smallest absolute Gasteiger partial charge is 0.244 e. The number of piperidine rings is 1. The van der Waals surface area contributed by atoms with E-state index in [4.69, 9.17) is 0 Å². The third-order valence-corrected chi connectivity index (χ3v) is 4.67. The Bertz CT molecular complexity index is 486. The normalized spacial score (nSPS) is 24.8. The Morgan fingerprint density at radius 3 is 2.76 bits per heavy atom. The minimum Gasteiger partial charge on any atom is -0.341 e. The van der Waals surface area contributed by atoms with Gasteiger partial charge in [0.15, 0.2) is 0 Å². The molecule has 1 aromatic heterocycles. The van der Waals surface area contributed by atoms with Crippen LogP contribution in [0.2, 0.25) is 0 Å². The Hall–Kier alpha value is -1.40. The second kappa shape index (κ2) is 6.58. The number of likely N-dealkylation sites (N-methyl/N-ethyl adjacent to an activating group) is 2. The van der Waals surface area contributed by atoms with Gasteiger partial charge < -0.3 is 15.1 Å². The summed E-state index contributed by atoms with van der Waals surface area (Å²) >= 11 is 0. The number of rotatable bonds is 4. The molecule has 0 bridgehead atoms. The van der Waals surface area contributed by atoms with Crippen molar-refractivity contribution in [2.75, 3.05) is 27.7 Å². The van der Waals surface area contributed by atoms with Crippen molar-refractivity contribution >= 4 is 5.91 Å². The number of carbonyl (C=O) groups excluding carboxylic acids is 1. The summed E-state index contributed by atoms with van der Waals surface area (Å²) in [5.41, 5.74) is 0.915. The van der Waals surface area contributed by atoms with Crippen molar-refractivity contribution in [2.24, 2.45) is 7.05 Å². The molecule has 6 heteroatoms. The fourth-order valence-corrected chi connectivity index (χ4v) is 3.02. The van der Waals surface area contributed by atoms with Gasteiger partial charge in [-0.2, -0.15) is 5.10 Å². The number of carbonyl (C=O) groups is 1. The molecule has 0 radical (unpaired) electrons. The lowest BCUT2D eigenvalue weighted by atomic mass is 9.97. The van der Waals surface area contributed by atoms with Gasteiger partial charge in [0.2, 0.25) is 5.91 Å². The van der Waals surface area contributed by atoms with Gasteiger partial charge in [-0.15, -0.1) is 0 Å². The van der Waals surface area contributed by atoms with Crippen molar-refractivity contribution in [2.45, 2.75) is 37.9 Å². The highest BCUT2D eigenvalue weighted by Crippen LogP contribution is 2.23. The Morgan fingerprint density at radius 2 is 2.24 bits per heavy atom. The Labute approximate surface area is 127 Å². The van der Waals surface area contributed by atoms with Crippen LogP contribution < -0.4 is 5.32 Å². The minimum atomic E-state index is -0.321. The molecule has 1 N–H and O–H groups in total. The van der Waals surface area contributed by atoms with E-state index in [0.717, 1.165) is 24.9 Å². The maximum atomic E-state index is 12.8. The van der Waals surface area contributed by atoms with Crippen LogP contribution in [0, 0.1) is 0 Å². The van der Waals surface area contributed by atoms with Crippen LogP contribution >= 0.6 is 0 Å². The number of hydrogen-bond donors (Lipinski definition) is 1. The van der Waals surface area contributed by atoms with Gasteiger partial charge >= 0.3 is 0 Å². The molecule has 118 valence electrons. The Kier molecular flexibility index (Phi) is 5.00. The lowest BCUT2D eigenvalue weighted by molar-refractivity contribution is -0.135. The third kappa shape index (κ3) is 3.44. The maximum Gasteiger partial charge on any atom is 0.244 e. The van der Waals surface area contributed by atoms with Gasteiger partial charge in [-0.3, -0.25) is 9.48 Å². The van der Waals surface area contributed by atoms with Crippen LogP contribution in [0.3, 0.4) is 0 Å². The molecule has 2 rings (SSSR count). The van der Waals surface area contributed by atoms with Gasteiger partial charge in [0.25, 0.3) is 0 Å². The largest absolute Gasteiger partial charge is 0.341 e. The van der Waals surface area contributed by atoms with Crippen molar-refractivity contribution in [1.29, 1.82) is 0 Å². The standard InChI is InChI=1S/C15H27N5O/c1-11-8-13(6-7-18(11)3)20(5)15(21)14(16-2)12-9-17-19(4)10-12/h9-11,13-14,16H,6-8H2,1-5H3. The molecule has 0 saturated carbocycles. The monoisotopic (exact) mass is 293 g/mol. The SMILES string of the molecule is CNC(C(=O)N(C)C1CCN(C)C(C)C1)c1cnn(C)c1. The zero-order valence-corrected chi connectivity index (χ0v) is 13.7. The highest BCUT2D eigenvalue weighted by molar-refractivity contribution is 5.83. The Balaban J connectivity index is 2.07. The van der Waals surface area contributed by atoms with E-state index in [9.17, 15) is 4.79 Å². The number of nitrogens with one attached hydrogen (secondary N) is 1. The second-order valence-corrected chi connectivity index (χ2v) is 6.13. The molecule has 0 aromatic carbocycles. The summed E-state index contributed by atoms with van der Waals surface area (Å²) in [5.74, 6) is 0.118. The van der Waals surface area contributed by atoms with Crippen molar-refractivity contribution < 1.29 is 4.79 Å². The molecular weight excluding hydrogens is 266 g/mol. The molecule has 1 aromatic rings. The second-order valence-electron chi connectivity index (χ2n) is 6.13. The minimum absolute atomic E-state index is 0.118. The van der Waals surface area contributed by atoms with Crippen LogP contribution in [0.5, 0.6) is 0 Å². The predicted molar refractivity (Wildman–Crippen MR) is 82.9 cm³/mol. The molecule has 0 spiro atoms. The molecule has 6 nitrogen and oxygen atoms in total. The summed E-state index contributed by atoms with van der Waals surface area (Å²) in [5, 5.41) is 7.28. The van der Waals surface area contributed by atoms with Gasteiger partial charge in [0, 0.05) is 44.5 Å². The van der Waals surface area contributed by atoms with Crippen molar-refractivity contribution in [3.05, 3.63) is 18.0 Å². The first kappa shape index (κ1) is 16.0. The van der Waals surface area contributed by atoms with Gasteiger partial charge in [-0.25, -0.2) is 0 Å². The number of aromatic nitrogens is 2. The fourth-order valence-electron chi connectivity index (χ4n) is 3.02. The summed E-state index contributed by atoms with van der Waals surface area (Å²) in [7, 11) is 7.75. The zero-order chi connectivity index (χ0) is 15.6. The molecular formula is C15H27N5O. The number of aryl methyl sites for hydroxylation is 1. The van der Waals surface area contributed by atoms with E-state index < -0.39 is 0 Å². The van der Waals surface area contributed by atoms with E-state index in [2.05, 4.69) is 29.3 Å². The first-order chi connectivity index (χ1) is 9.93. The summed E-state index contributed by atoms with van der Waals surface area (Å²) in [6.45, 7) is 3.27. The fraction of sp³-hybridized carbons (Fsp3) is 0.733. The van der Waals surface area contributed by atoms with Crippen LogP contribution in [0.25, 0.3) is 0 Å². The van der Waals surface area contributed by atoms with Crippen molar-refractivity contribution in [3.63, 3.8) is 0 Å². The van der Waals surface area contributed by atoms with Gasteiger partial charge in [-0.05, 0) is 33.9 Å². The molecule has 3 unspecified atom stereocenters. The average Bonchev–Trinajstić information content (AvgIpc) is 2.88. The molecule has 1 fully saturated rings. The number of amides is 1. The summed E-state index contributed by atoms with van der Waals surface area (Å²) in [6, 6.07) is 0.514. The van der Waals surface area contributed by atoms with Crippen LogP contribution in [-0.2, 0) is 11.8 Å². The topological polar surface area (TPSA) is 53.4 Å². The first-order valence-electron chi connectivity index (χ1n) is 7.56. The van der Waals surface area contributed by atoms with Gasteiger partial charge in [-0.1, -0.05) is 0 Å². The van der Waals surface area contributed by atoms with Gasteiger partial charge in [0.1, 0.15) is 6.04 Å². The summed E-state index contributed by atoms with van der Waals surface area (Å²) in [6.07, 6.45) is 5.71. The zero-order valence-electron chi connectivity index (χ0n) is 13.7. The molecule has 1 aliphatic rings. The van der Waals surface area contributed by atoms with Crippen LogP contribution in [0.4, 0.5) is 0 Å². The Morgan fingerprint density at radius 1 is 1.52 bits per heavy atom. The third-order valence-electron chi connectivity index (χ3n) is 4.67. The number of likely N-dealkylation sites (tertiary alicyclic amines) is 1. The highest BCUT2D eigenvalue weighted by Gasteiger charge is 2.31. The summed E-state index contributed by atoms with van der Waals surface area (Å²) < 4.78 is 1.73. The lowest BCUT2D eigenvalue weighted by Gasteiger charge is -2.40. The first-order valence-corrected chi connectivity index (χ1v) is 7.56. The van der Waals surface area contributed by atoms with Gasteiger partial charge in [0.05, 0.1) is 6.20 Å². The van der Waals surface area contributed by atoms with E-state index >= 15 is 0 Å². The van der Waals surface area contributed by atoms with E-state index in [1.807, 2.05) is 32.2 Å². The van der Waals surface area contributed by atoms with E-state index in [1.165, 1.54) is 0 Å². The highest BCUT2D eigenvalue weighted by atomic mass is 16.2. The van der Waals surface area contributed by atoms with Crippen LogP contribution in [-0.4, -0.2) is 65.3 Å². The lowest BCUT2D eigenvalue weighted by Crippen LogP contribution is -2.50. The van der Waals surface area contributed by atoms with E-state index in [1.54, 1.807) is 10.9 Å². The molecule has 0 aliphatic carbocycles. The molecule has 3 atom stereocenters. The van der Waals surface area contributed by atoms with Crippen LogP contribution in [0.1, 0.15) is 31.4 Å². The molecule has 21 heavy (non-hydrogen) atoms. The molecule has 2 heterocycles. The summed E-state index contributed by atoms with van der Waals surface area (Å²) in [4.78, 5) is 17.1. The maximum absolute atomic E-state index is 12.8. The predicted octanol–water partition coefficient (Wildman–Crippen LogP) is 0.622. The van der Waals surface area contributed by atoms with Crippen molar-refractivity contribution in [1.82, 2.24) is 24.9 Å². The molecule has 1 aliphatic heterocycles. The average molecular weight is 293 g/mol.